The maximum Gasteiger partial charge on any atom is 0.253 e. The van der Waals surface area contributed by atoms with Crippen LogP contribution in [-0.2, 0) is 10.0 Å². The Hall–Kier alpha value is -1.44. The summed E-state index contributed by atoms with van der Waals surface area (Å²) < 4.78 is 26.3. The van der Waals surface area contributed by atoms with Crippen LogP contribution in [0.15, 0.2) is 29.2 Å². The normalized spacial score (nSPS) is 16.6. The number of likely N-dealkylation sites (N-methyl/N-ethyl adjacent to an activating group) is 1. The van der Waals surface area contributed by atoms with Crippen LogP contribution in [0.2, 0.25) is 0 Å². The molecule has 0 aromatic heterocycles. The van der Waals surface area contributed by atoms with Gasteiger partial charge < -0.3 is 9.80 Å². The predicted molar refractivity (Wildman–Crippen MR) is 94.6 cm³/mol. The van der Waals surface area contributed by atoms with E-state index in [1.165, 1.54) is 16.4 Å². The molecule has 7 heteroatoms. The molecule has 0 N–H and O–H groups in total. The van der Waals surface area contributed by atoms with E-state index in [1.807, 2.05) is 18.9 Å². The summed E-state index contributed by atoms with van der Waals surface area (Å²) in [6, 6.07) is 6.28. The summed E-state index contributed by atoms with van der Waals surface area (Å²) in [7, 11) is 0.146. The quantitative estimate of drug-likeness (QED) is 0.777. The molecule has 0 saturated carbocycles. The molecule has 1 aliphatic rings. The molecule has 0 bridgehead atoms. The molecule has 1 amide bonds. The Balaban J connectivity index is 2.08. The first-order chi connectivity index (χ1) is 11.4. The van der Waals surface area contributed by atoms with Crippen molar-refractivity contribution in [2.45, 2.75) is 24.7 Å². The average Bonchev–Trinajstić information content (AvgIpc) is 2.59. The van der Waals surface area contributed by atoms with Gasteiger partial charge in [-0.15, -0.1) is 0 Å². The summed E-state index contributed by atoms with van der Waals surface area (Å²) in [6.45, 7) is 5.66. The van der Waals surface area contributed by atoms with Gasteiger partial charge >= 0.3 is 0 Å². The Kier molecular flexibility index (Phi) is 6.37. The van der Waals surface area contributed by atoms with E-state index in [9.17, 15) is 13.2 Å². The van der Waals surface area contributed by atoms with Gasteiger partial charge in [0.15, 0.2) is 0 Å². The third-order valence-electron chi connectivity index (χ3n) is 4.43. The summed E-state index contributed by atoms with van der Waals surface area (Å²) in [6.07, 6.45) is 1.77. The zero-order valence-electron chi connectivity index (χ0n) is 14.7. The third kappa shape index (κ3) is 4.34. The number of hydrogen-bond acceptors (Lipinski definition) is 4. The van der Waals surface area contributed by atoms with Gasteiger partial charge in [-0.1, -0.05) is 13.3 Å². The van der Waals surface area contributed by atoms with Crippen molar-refractivity contribution in [3.63, 3.8) is 0 Å². The average molecular weight is 353 g/mol. The Morgan fingerprint density at radius 3 is 2.25 bits per heavy atom. The van der Waals surface area contributed by atoms with E-state index < -0.39 is 10.0 Å². The highest BCUT2D eigenvalue weighted by molar-refractivity contribution is 7.89. The topological polar surface area (TPSA) is 60.9 Å². The molecule has 0 unspecified atom stereocenters. The highest BCUT2D eigenvalue weighted by atomic mass is 32.2. The van der Waals surface area contributed by atoms with Crippen molar-refractivity contribution in [2.24, 2.45) is 0 Å². The fraction of sp³-hybridized carbons (Fsp3) is 0.588. The van der Waals surface area contributed by atoms with Crippen LogP contribution in [0, 0.1) is 0 Å². The van der Waals surface area contributed by atoms with Crippen LogP contribution in [0.1, 0.15) is 30.1 Å². The molecule has 0 spiro atoms. The van der Waals surface area contributed by atoms with E-state index in [0.29, 0.717) is 25.2 Å². The number of benzene rings is 1. The summed E-state index contributed by atoms with van der Waals surface area (Å²) in [5, 5.41) is 0. The molecule has 0 atom stereocenters. The van der Waals surface area contributed by atoms with Crippen molar-refractivity contribution in [1.82, 2.24) is 14.1 Å². The molecule has 1 aromatic carbocycles. The van der Waals surface area contributed by atoms with Gasteiger partial charge in [-0.25, -0.2) is 12.7 Å². The summed E-state index contributed by atoms with van der Waals surface area (Å²) in [5.74, 6) is -0.0358. The van der Waals surface area contributed by atoms with Crippen LogP contribution in [0.4, 0.5) is 0 Å². The van der Waals surface area contributed by atoms with Crippen molar-refractivity contribution in [3.8, 4) is 0 Å². The van der Waals surface area contributed by atoms with E-state index in [0.717, 1.165) is 25.9 Å². The van der Waals surface area contributed by atoms with Crippen LogP contribution in [0.5, 0.6) is 0 Å². The fourth-order valence-corrected chi connectivity index (χ4v) is 3.85. The molecule has 0 aliphatic carbocycles. The van der Waals surface area contributed by atoms with E-state index >= 15 is 0 Å². The molecule has 1 heterocycles. The van der Waals surface area contributed by atoms with Crippen LogP contribution in [-0.4, -0.2) is 75.2 Å². The van der Waals surface area contributed by atoms with Crippen molar-refractivity contribution in [2.75, 3.05) is 46.8 Å². The lowest BCUT2D eigenvalue weighted by atomic mass is 10.2. The second-order valence-corrected chi connectivity index (χ2v) is 8.34. The van der Waals surface area contributed by atoms with Crippen LogP contribution in [0.25, 0.3) is 0 Å². The molecule has 1 fully saturated rings. The molecular weight excluding hydrogens is 326 g/mol. The van der Waals surface area contributed by atoms with Crippen LogP contribution < -0.4 is 0 Å². The highest BCUT2D eigenvalue weighted by Crippen LogP contribution is 2.17. The van der Waals surface area contributed by atoms with Crippen molar-refractivity contribution >= 4 is 15.9 Å². The van der Waals surface area contributed by atoms with Gasteiger partial charge in [0.1, 0.15) is 0 Å². The van der Waals surface area contributed by atoms with Gasteiger partial charge in [0.2, 0.25) is 10.0 Å². The highest BCUT2D eigenvalue weighted by Gasteiger charge is 2.23. The molecule has 1 aromatic rings. The van der Waals surface area contributed by atoms with E-state index in [-0.39, 0.29) is 10.8 Å². The number of piperazine rings is 1. The van der Waals surface area contributed by atoms with E-state index in [4.69, 9.17) is 0 Å². The molecule has 1 saturated heterocycles. The number of unbranched alkanes of at least 4 members (excludes halogenated alkanes) is 1. The minimum atomic E-state index is -3.48. The van der Waals surface area contributed by atoms with Gasteiger partial charge in [0, 0.05) is 45.3 Å². The molecule has 1 aliphatic heterocycles. The Morgan fingerprint density at radius 1 is 1.12 bits per heavy atom. The number of carbonyl (C=O) groups excluding carboxylic acids is 1. The van der Waals surface area contributed by atoms with Gasteiger partial charge in [0.25, 0.3) is 5.91 Å². The number of carbonyl (C=O) groups is 1. The molecule has 6 nitrogen and oxygen atoms in total. The van der Waals surface area contributed by atoms with Crippen LogP contribution in [0.3, 0.4) is 0 Å². The zero-order valence-corrected chi connectivity index (χ0v) is 15.6. The summed E-state index contributed by atoms with van der Waals surface area (Å²) in [5.41, 5.74) is 0.537. The van der Waals surface area contributed by atoms with Gasteiger partial charge in [0.05, 0.1) is 4.90 Å². The standard InChI is InChI=1S/C17H27N3O3S/c1-4-5-10-19(3)24(22,23)16-8-6-15(7-9-16)17(21)20-13-11-18(2)12-14-20/h6-9H,4-5,10-14H2,1-3H3. The first-order valence-electron chi connectivity index (χ1n) is 8.40. The predicted octanol–water partition coefficient (Wildman–Crippen LogP) is 1.49. The Morgan fingerprint density at radius 2 is 1.71 bits per heavy atom. The largest absolute Gasteiger partial charge is 0.336 e. The molecular formula is C17H27N3O3S. The third-order valence-corrected chi connectivity index (χ3v) is 6.30. The number of hydrogen-bond donors (Lipinski definition) is 0. The van der Waals surface area contributed by atoms with Crippen LogP contribution >= 0.6 is 0 Å². The molecule has 134 valence electrons. The Labute approximate surface area is 145 Å². The first kappa shape index (κ1) is 18.9. The first-order valence-corrected chi connectivity index (χ1v) is 9.84. The Bertz CT molecular complexity index is 650. The van der Waals surface area contributed by atoms with Gasteiger partial charge in [-0.3, -0.25) is 4.79 Å². The fourth-order valence-electron chi connectivity index (χ4n) is 2.64. The zero-order chi connectivity index (χ0) is 17.7. The summed E-state index contributed by atoms with van der Waals surface area (Å²) in [4.78, 5) is 16.7. The minimum Gasteiger partial charge on any atom is -0.336 e. The van der Waals surface area contributed by atoms with E-state index in [2.05, 4.69) is 4.90 Å². The maximum atomic E-state index is 12.5. The number of rotatable bonds is 6. The number of amides is 1. The lowest BCUT2D eigenvalue weighted by molar-refractivity contribution is 0.0664. The SMILES string of the molecule is CCCCN(C)S(=O)(=O)c1ccc(C(=O)N2CCN(C)CC2)cc1. The monoisotopic (exact) mass is 353 g/mol. The molecule has 24 heavy (non-hydrogen) atoms. The molecule has 2 rings (SSSR count). The lowest BCUT2D eigenvalue weighted by Crippen LogP contribution is -2.47. The van der Waals surface area contributed by atoms with Crippen molar-refractivity contribution in [1.29, 1.82) is 0 Å². The second kappa shape index (κ2) is 8.09. The van der Waals surface area contributed by atoms with Crippen molar-refractivity contribution < 1.29 is 13.2 Å². The number of nitrogens with zero attached hydrogens (tertiary/aromatic N) is 3. The van der Waals surface area contributed by atoms with Gasteiger partial charge in [-0.05, 0) is 37.7 Å². The smallest absolute Gasteiger partial charge is 0.253 e. The summed E-state index contributed by atoms with van der Waals surface area (Å²) >= 11 is 0. The van der Waals surface area contributed by atoms with Gasteiger partial charge in [-0.2, -0.15) is 0 Å². The maximum absolute atomic E-state index is 12.5. The van der Waals surface area contributed by atoms with E-state index in [1.54, 1.807) is 19.2 Å². The lowest BCUT2D eigenvalue weighted by Gasteiger charge is -2.32. The minimum absolute atomic E-state index is 0.0358. The molecule has 0 radical (unpaired) electrons. The number of sulfonamides is 1. The second-order valence-electron chi connectivity index (χ2n) is 6.30. The van der Waals surface area contributed by atoms with Crippen molar-refractivity contribution in [3.05, 3.63) is 29.8 Å².